The van der Waals surface area contributed by atoms with Crippen molar-refractivity contribution in [2.24, 2.45) is 10.9 Å². The number of guanidine groups is 1. The van der Waals surface area contributed by atoms with Crippen LogP contribution in [0.1, 0.15) is 33.1 Å². The molecule has 4 heteroatoms. The molecular formula is C13H27N3S. The van der Waals surface area contributed by atoms with Crippen molar-refractivity contribution in [2.45, 2.75) is 33.1 Å². The summed E-state index contributed by atoms with van der Waals surface area (Å²) in [6.07, 6.45) is 6.00. The largest absolute Gasteiger partial charge is 0.357 e. The smallest absolute Gasteiger partial charge is 0.193 e. The molecule has 0 aromatic heterocycles. The first kappa shape index (κ1) is 14.7. The zero-order valence-electron chi connectivity index (χ0n) is 11.5. The molecule has 0 bridgehead atoms. The second kappa shape index (κ2) is 8.67. The van der Waals surface area contributed by atoms with Crippen LogP contribution >= 0.6 is 11.8 Å². The van der Waals surface area contributed by atoms with E-state index in [1.165, 1.54) is 31.6 Å². The van der Waals surface area contributed by atoms with Gasteiger partial charge in [-0.1, -0.05) is 6.92 Å². The highest BCUT2D eigenvalue weighted by Crippen LogP contribution is 2.15. The molecule has 1 N–H and O–H groups in total. The highest BCUT2D eigenvalue weighted by atomic mass is 32.2. The fourth-order valence-corrected chi connectivity index (χ4v) is 2.62. The molecule has 0 aromatic carbocycles. The van der Waals surface area contributed by atoms with Crippen LogP contribution in [0.25, 0.3) is 0 Å². The molecule has 0 aromatic rings. The Morgan fingerprint density at radius 3 is 3.00 bits per heavy atom. The van der Waals surface area contributed by atoms with E-state index in [-0.39, 0.29) is 0 Å². The van der Waals surface area contributed by atoms with Crippen molar-refractivity contribution < 1.29 is 0 Å². The number of aliphatic imine (C=N–C) groups is 1. The molecule has 1 saturated heterocycles. The van der Waals surface area contributed by atoms with Gasteiger partial charge >= 0.3 is 0 Å². The third-order valence-corrected chi connectivity index (χ3v) is 3.76. The fraction of sp³-hybridized carbons (Fsp3) is 0.923. The Morgan fingerprint density at radius 2 is 2.35 bits per heavy atom. The Bertz CT molecular complexity index is 231. The molecule has 1 heterocycles. The minimum Gasteiger partial charge on any atom is -0.357 e. The lowest BCUT2D eigenvalue weighted by Gasteiger charge is -2.33. The Balaban J connectivity index is 2.45. The van der Waals surface area contributed by atoms with Crippen molar-refractivity contribution in [3.8, 4) is 0 Å². The maximum Gasteiger partial charge on any atom is 0.193 e. The average molecular weight is 257 g/mol. The molecule has 1 aliphatic rings. The van der Waals surface area contributed by atoms with Crippen molar-refractivity contribution in [3.05, 3.63) is 0 Å². The van der Waals surface area contributed by atoms with Gasteiger partial charge in [0.05, 0.1) is 0 Å². The van der Waals surface area contributed by atoms with Crippen LogP contribution in [-0.4, -0.2) is 49.0 Å². The summed E-state index contributed by atoms with van der Waals surface area (Å²) < 4.78 is 0. The van der Waals surface area contributed by atoms with Gasteiger partial charge in [-0.05, 0) is 44.1 Å². The second-order valence-corrected chi connectivity index (χ2v) is 5.76. The number of hydrogen-bond acceptors (Lipinski definition) is 2. The van der Waals surface area contributed by atoms with Gasteiger partial charge in [-0.25, -0.2) is 0 Å². The summed E-state index contributed by atoms with van der Waals surface area (Å²) >= 11 is 1.90. The number of rotatable bonds is 5. The Hall–Kier alpha value is -0.380. The van der Waals surface area contributed by atoms with E-state index in [9.17, 15) is 0 Å². The van der Waals surface area contributed by atoms with Crippen molar-refractivity contribution in [1.82, 2.24) is 10.2 Å². The Morgan fingerprint density at radius 1 is 1.53 bits per heavy atom. The van der Waals surface area contributed by atoms with E-state index >= 15 is 0 Å². The summed E-state index contributed by atoms with van der Waals surface area (Å²) in [7, 11) is 0. The van der Waals surface area contributed by atoms with E-state index in [0.29, 0.717) is 0 Å². The Kier molecular flexibility index (Phi) is 7.49. The molecular weight excluding hydrogens is 230 g/mol. The van der Waals surface area contributed by atoms with Crippen LogP contribution in [0.15, 0.2) is 4.99 Å². The molecule has 0 spiro atoms. The molecule has 17 heavy (non-hydrogen) atoms. The van der Waals surface area contributed by atoms with Gasteiger partial charge in [0.15, 0.2) is 5.96 Å². The molecule has 100 valence electrons. The van der Waals surface area contributed by atoms with Crippen molar-refractivity contribution in [3.63, 3.8) is 0 Å². The zero-order valence-corrected chi connectivity index (χ0v) is 12.4. The quantitative estimate of drug-likeness (QED) is 0.466. The molecule has 1 atom stereocenters. The molecule has 3 nitrogen and oxygen atoms in total. The zero-order chi connectivity index (χ0) is 12.5. The van der Waals surface area contributed by atoms with Crippen LogP contribution in [-0.2, 0) is 0 Å². The molecule has 0 radical (unpaired) electrons. The standard InChI is InChI=1S/C13H27N3S/c1-4-14-13(15-8-6-10-17-3)16-9-5-7-12(2)11-16/h12H,4-11H2,1-3H3,(H,14,15). The number of piperidine rings is 1. The van der Waals surface area contributed by atoms with Crippen LogP contribution in [0.3, 0.4) is 0 Å². The highest BCUT2D eigenvalue weighted by Gasteiger charge is 2.18. The summed E-state index contributed by atoms with van der Waals surface area (Å²) in [5, 5.41) is 3.42. The van der Waals surface area contributed by atoms with E-state index in [1.807, 2.05) is 11.8 Å². The monoisotopic (exact) mass is 257 g/mol. The fourth-order valence-electron chi connectivity index (χ4n) is 2.20. The molecule has 1 fully saturated rings. The number of thioether (sulfide) groups is 1. The number of nitrogens with zero attached hydrogens (tertiary/aromatic N) is 2. The summed E-state index contributed by atoms with van der Waals surface area (Å²) in [5.41, 5.74) is 0. The van der Waals surface area contributed by atoms with Crippen LogP contribution in [0.4, 0.5) is 0 Å². The molecule has 1 rings (SSSR count). The van der Waals surface area contributed by atoms with E-state index in [0.717, 1.165) is 31.5 Å². The molecule has 0 aliphatic carbocycles. The molecule has 1 aliphatic heterocycles. The minimum absolute atomic E-state index is 0.804. The summed E-state index contributed by atoms with van der Waals surface area (Å²) in [6, 6.07) is 0. The van der Waals surface area contributed by atoms with Crippen molar-refractivity contribution in [2.75, 3.05) is 38.2 Å². The van der Waals surface area contributed by atoms with Gasteiger partial charge in [0.2, 0.25) is 0 Å². The molecule has 1 unspecified atom stereocenters. The van der Waals surface area contributed by atoms with Gasteiger partial charge in [0.25, 0.3) is 0 Å². The topological polar surface area (TPSA) is 27.6 Å². The molecule has 0 saturated carbocycles. The normalized spacial score (nSPS) is 21.7. The predicted octanol–water partition coefficient (Wildman–Crippen LogP) is 2.44. The highest BCUT2D eigenvalue weighted by molar-refractivity contribution is 7.98. The first-order valence-electron chi connectivity index (χ1n) is 6.80. The van der Waals surface area contributed by atoms with Gasteiger partial charge in [-0.2, -0.15) is 11.8 Å². The van der Waals surface area contributed by atoms with E-state index < -0.39 is 0 Å². The lowest BCUT2D eigenvalue weighted by Crippen LogP contribution is -2.46. The van der Waals surface area contributed by atoms with Gasteiger partial charge in [0.1, 0.15) is 0 Å². The third-order valence-electron chi connectivity index (χ3n) is 3.06. The summed E-state index contributed by atoms with van der Waals surface area (Å²) in [5.74, 6) is 3.14. The Labute approximate surface area is 110 Å². The maximum atomic E-state index is 4.73. The first-order chi connectivity index (χ1) is 8.27. The maximum absolute atomic E-state index is 4.73. The lowest BCUT2D eigenvalue weighted by atomic mass is 10.0. The van der Waals surface area contributed by atoms with Gasteiger partial charge in [-0.3, -0.25) is 4.99 Å². The SMILES string of the molecule is CCNC(=NCCCSC)N1CCCC(C)C1. The second-order valence-electron chi connectivity index (χ2n) is 4.78. The first-order valence-corrected chi connectivity index (χ1v) is 8.19. The van der Waals surface area contributed by atoms with Crippen molar-refractivity contribution >= 4 is 17.7 Å². The predicted molar refractivity (Wildman–Crippen MR) is 78.9 cm³/mol. The number of likely N-dealkylation sites (tertiary alicyclic amines) is 1. The van der Waals surface area contributed by atoms with Gasteiger partial charge < -0.3 is 10.2 Å². The van der Waals surface area contributed by atoms with Crippen LogP contribution < -0.4 is 5.32 Å². The van der Waals surface area contributed by atoms with Crippen LogP contribution in [0, 0.1) is 5.92 Å². The summed E-state index contributed by atoms with van der Waals surface area (Å²) in [4.78, 5) is 7.15. The van der Waals surface area contributed by atoms with Crippen LogP contribution in [0.2, 0.25) is 0 Å². The number of hydrogen-bond donors (Lipinski definition) is 1. The van der Waals surface area contributed by atoms with E-state index in [1.54, 1.807) is 0 Å². The lowest BCUT2D eigenvalue weighted by molar-refractivity contribution is 0.266. The van der Waals surface area contributed by atoms with E-state index in [2.05, 4.69) is 30.3 Å². The van der Waals surface area contributed by atoms with Crippen molar-refractivity contribution in [1.29, 1.82) is 0 Å². The van der Waals surface area contributed by atoms with Crippen LogP contribution in [0.5, 0.6) is 0 Å². The van der Waals surface area contributed by atoms with Gasteiger partial charge in [0, 0.05) is 26.2 Å². The summed E-state index contributed by atoms with van der Waals surface area (Å²) in [6.45, 7) is 8.72. The third kappa shape index (κ3) is 5.66. The number of nitrogens with one attached hydrogen (secondary N) is 1. The molecule has 0 amide bonds. The minimum atomic E-state index is 0.804. The van der Waals surface area contributed by atoms with Gasteiger partial charge in [-0.15, -0.1) is 0 Å². The average Bonchev–Trinajstić information content (AvgIpc) is 2.33. The van der Waals surface area contributed by atoms with E-state index in [4.69, 9.17) is 4.99 Å².